The molecule has 1 amide bonds. The predicted molar refractivity (Wildman–Crippen MR) is 125 cm³/mol. The third-order valence-electron chi connectivity index (χ3n) is 6.40. The average Bonchev–Trinajstić information content (AvgIpc) is 2.83. The van der Waals surface area contributed by atoms with Crippen molar-refractivity contribution in [2.75, 3.05) is 38.2 Å². The van der Waals surface area contributed by atoms with Gasteiger partial charge < -0.3 is 19.7 Å². The van der Waals surface area contributed by atoms with Crippen molar-refractivity contribution in [2.24, 2.45) is 5.92 Å². The fourth-order valence-corrected chi connectivity index (χ4v) is 4.53. The summed E-state index contributed by atoms with van der Waals surface area (Å²) in [5.41, 5.74) is 3.87. The molecule has 0 aliphatic carbocycles. The zero-order valence-corrected chi connectivity index (χ0v) is 18.5. The number of aromatic nitrogens is 1. The van der Waals surface area contributed by atoms with E-state index < -0.39 is 0 Å². The van der Waals surface area contributed by atoms with Gasteiger partial charge in [0.25, 0.3) is 0 Å². The fraction of sp³-hybridized carbons (Fsp3) is 0.385. The molecule has 166 valence electrons. The van der Waals surface area contributed by atoms with Gasteiger partial charge >= 0.3 is 0 Å². The zero-order chi connectivity index (χ0) is 21.9. The number of aryl methyl sites for hydroxylation is 1. The molecule has 1 fully saturated rings. The van der Waals surface area contributed by atoms with E-state index in [9.17, 15) is 4.79 Å². The summed E-state index contributed by atoms with van der Waals surface area (Å²) in [6.45, 7) is 6.07. The van der Waals surface area contributed by atoms with Crippen molar-refractivity contribution in [1.82, 2.24) is 9.88 Å². The van der Waals surface area contributed by atoms with Gasteiger partial charge in [-0.15, -0.1) is 0 Å². The molecule has 3 heterocycles. The lowest BCUT2D eigenvalue weighted by atomic mass is 9.95. The van der Waals surface area contributed by atoms with Crippen LogP contribution in [0.4, 0.5) is 5.69 Å². The SMILES string of the molecule is Cc1ccc2cccc(NC(=O)C3CCN(CCc4ccc5c(c4)OCCO5)CC3)c2n1. The zero-order valence-electron chi connectivity index (χ0n) is 18.5. The molecular formula is C26H29N3O3. The number of nitrogens with one attached hydrogen (secondary N) is 1. The summed E-state index contributed by atoms with van der Waals surface area (Å²) in [4.78, 5) is 20.0. The van der Waals surface area contributed by atoms with E-state index in [0.29, 0.717) is 13.2 Å². The number of hydrogen-bond acceptors (Lipinski definition) is 5. The Labute approximate surface area is 188 Å². The monoisotopic (exact) mass is 431 g/mol. The molecule has 0 bridgehead atoms. The lowest BCUT2D eigenvalue weighted by Crippen LogP contribution is -2.39. The second kappa shape index (κ2) is 9.17. The highest BCUT2D eigenvalue weighted by Crippen LogP contribution is 2.31. The van der Waals surface area contributed by atoms with Crippen LogP contribution >= 0.6 is 0 Å². The maximum atomic E-state index is 12.9. The summed E-state index contributed by atoms with van der Waals surface area (Å²) >= 11 is 0. The molecule has 0 atom stereocenters. The highest BCUT2D eigenvalue weighted by molar-refractivity contribution is 6.01. The number of amides is 1. The molecule has 0 spiro atoms. The number of likely N-dealkylation sites (tertiary alicyclic amines) is 1. The number of benzene rings is 2. The fourth-order valence-electron chi connectivity index (χ4n) is 4.53. The van der Waals surface area contributed by atoms with Gasteiger partial charge in [-0.3, -0.25) is 9.78 Å². The molecule has 3 aromatic rings. The summed E-state index contributed by atoms with van der Waals surface area (Å²) in [6.07, 6.45) is 2.73. The second-order valence-electron chi connectivity index (χ2n) is 8.66. The molecule has 1 N–H and O–H groups in total. The largest absolute Gasteiger partial charge is 0.486 e. The van der Waals surface area contributed by atoms with Crippen LogP contribution in [-0.4, -0.2) is 48.6 Å². The van der Waals surface area contributed by atoms with Gasteiger partial charge in [0.1, 0.15) is 13.2 Å². The van der Waals surface area contributed by atoms with Crippen LogP contribution in [0.25, 0.3) is 10.9 Å². The van der Waals surface area contributed by atoms with Crippen molar-refractivity contribution >= 4 is 22.5 Å². The van der Waals surface area contributed by atoms with E-state index in [1.165, 1.54) is 5.56 Å². The van der Waals surface area contributed by atoms with Crippen molar-refractivity contribution in [2.45, 2.75) is 26.2 Å². The Hall–Kier alpha value is -3.12. The summed E-state index contributed by atoms with van der Waals surface area (Å²) in [6, 6.07) is 16.2. The third kappa shape index (κ3) is 4.55. The Kier molecular flexibility index (Phi) is 5.95. The number of hydrogen-bond donors (Lipinski definition) is 1. The van der Waals surface area contributed by atoms with Crippen molar-refractivity contribution in [3.8, 4) is 11.5 Å². The van der Waals surface area contributed by atoms with Gasteiger partial charge in [0.15, 0.2) is 11.5 Å². The second-order valence-corrected chi connectivity index (χ2v) is 8.66. The van der Waals surface area contributed by atoms with Gasteiger partial charge in [0.05, 0.1) is 11.2 Å². The summed E-state index contributed by atoms with van der Waals surface area (Å²) < 4.78 is 11.3. The normalized spacial score (nSPS) is 16.8. The summed E-state index contributed by atoms with van der Waals surface area (Å²) in [7, 11) is 0. The number of anilines is 1. The molecule has 1 aromatic heterocycles. The molecule has 0 unspecified atom stereocenters. The molecule has 1 saturated heterocycles. The molecule has 0 radical (unpaired) electrons. The number of nitrogens with zero attached hydrogens (tertiary/aromatic N) is 2. The van der Waals surface area contributed by atoms with E-state index in [-0.39, 0.29) is 11.8 Å². The van der Waals surface area contributed by atoms with Crippen LogP contribution in [0.5, 0.6) is 11.5 Å². The van der Waals surface area contributed by atoms with Crippen LogP contribution in [0.2, 0.25) is 0 Å². The third-order valence-corrected chi connectivity index (χ3v) is 6.40. The van der Waals surface area contributed by atoms with E-state index >= 15 is 0 Å². The van der Waals surface area contributed by atoms with Gasteiger partial charge in [0, 0.05) is 23.5 Å². The van der Waals surface area contributed by atoms with Crippen LogP contribution in [-0.2, 0) is 11.2 Å². The molecule has 0 saturated carbocycles. The van der Waals surface area contributed by atoms with Crippen molar-refractivity contribution in [3.63, 3.8) is 0 Å². The summed E-state index contributed by atoms with van der Waals surface area (Å²) in [5, 5.41) is 4.18. The van der Waals surface area contributed by atoms with E-state index in [2.05, 4.69) is 27.3 Å². The molecule has 32 heavy (non-hydrogen) atoms. The van der Waals surface area contributed by atoms with E-state index in [1.807, 2.05) is 43.3 Å². The highest BCUT2D eigenvalue weighted by atomic mass is 16.6. The van der Waals surface area contributed by atoms with E-state index in [1.54, 1.807) is 0 Å². The van der Waals surface area contributed by atoms with Crippen molar-refractivity contribution in [3.05, 3.63) is 59.8 Å². The smallest absolute Gasteiger partial charge is 0.227 e. The predicted octanol–water partition coefficient (Wildman–Crippen LogP) is 4.21. The van der Waals surface area contributed by atoms with Crippen molar-refractivity contribution < 1.29 is 14.3 Å². The minimum absolute atomic E-state index is 0.0422. The lowest BCUT2D eigenvalue weighted by Gasteiger charge is -2.31. The first-order valence-electron chi connectivity index (χ1n) is 11.4. The highest BCUT2D eigenvalue weighted by Gasteiger charge is 2.25. The first-order valence-corrected chi connectivity index (χ1v) is 11.4. The number of carbonyl (C=O) groups excluding carboxylic acids is 1. The minimum Gasteiger partial charge on any atom is -0.486 e. The first kappa shape index (κ1) is 20.8. The minimum atomic E-state index is 0.0422. The van der Waals surface area contributed by atoms with Crippen LogP contribution < -0.4 is 14.8 Å². The maximum absolute atomic E-state index is 12.9. The van der Waals surface area contributed by atoms with Crippen LogP contribution in [0, 0.1) is 12.8 Å². The molecule has 2 aliphatic rings. The quantitative estimate of drug-likeness (QED) is 0.656. The Morgan fingerprint density at radius 3 is 2.72 bits per heavy atom. The molecule has 2 aromatic carbocycles. The Morgan fingerprint density at radius 1 is 1.06 bits per heavy atom. The van der Waals surface area contributed by atoms with Crippen molar-refractivity contribution in [1.29, 1.82) is 0 Å². The molecule has 5 rings (SSSR count). The molecular weight excluding hydrogens is 402 g/mol. The Morgan fingerprint density at radius 2 is 1.88 bits per heavy atom. The van der Waals surface area contributed by atoms with Gasteiger partial charge in [0.2, 0.25) is 5.91 Å². The van der Waals surface area contributed by atoms with Crippen LogP contribution in [0.3, 0.4) is 0 Å². The average molecular weight is 432 g/mol. The van der Waals surface area contributed by atoms with Crippen LogP contribution in [0.1, 0.15) is 24.1 Å². The number of pyridine rings is 1. The van der Waals surface area contributed by atoms with E-state index in [0.717, 1.165) is 72.7 Å². The number of piperidine rings is 1. The van der Waals surface area contributed by atoms with E-state index in [4.69, 9.17) is 9.47 Å². The maximum Gasteiger partial charge on any atom is 0.227 e. The number of rotatable bonds is 5. The van der Waals surface area contributed by atoms with Gasteiger partial charge in [-0.05, 0) is 69.1 Å². The van der Waals surface area contributed by atoms with Gasteiger partial charge in [-0.25, -0.2) is 0 Å². The molecule has 2 aliphatic heterocycles. The number of ether oxygens (including phenoxy) is 2. The number of carbonyl (C=O) groups is 1. The Balaban J connectivity index is 1.14. The lowest BCUT2D eigenvalue weighted by molar-refractivity contribution is -0.121. The first-order chi connectivity index (χ1) is 15.7. The Bertz CT molecular complexity index is 1120. The standard InChI is InChI=1S/C26H29N3O3/c1-18-5-7-20-3-2-4-22(25(20)27-18)28-26(30)21-10-13-29(14-11-21)12-9-19-6-8-23-24(17-19)32-16-15-31-23/h2-8,17,21H,9-16H2,1H3,(H,28,30). The summed E-state index contributed by atoms with van der Waals surface area (Å²) in [5.74, 6) is 1.83. The topological polar surface area (TPSA) is 63.7 Å². The number of para-hydroxylation sites is 1. The van der Waals surface area contributed by atoms with Gasteiger partial charge in [-0.2, -0.15) is 0 Å². The van der Waals surface area contributed by atoms with Crippen LogP contribution in [0.15, 0.2) is 48.5 Å². The number of fused-ring (bicyclic) bond motifs is 2. The van der Waals surface area contributed by atoms with Gasteiger partial charge in [-0.1, -0.05) is 24.3 Å². The molecule has 6 heteroatoms. The molecule has 6 nitrogen and oxygen atoms in total.